The van der Waals surface area contributed by atoms with Gasteiger partial charge in [-0.25, -0.2) is 0 Å². The Morgan fingerprint density at radius 1 is 1.59 bits per heavy atom. The van der Waals surface area contributed by atoms with Crippen LogP contribution in [0.5, 0.6) is 0 Å². The number of hydrogen-bond donors (Lipinski definition) is 2. The van der Waals surface area contributed by atoms with Gasteiger partial charge in [-0.05, 0) is 6.92 Å². The molecule has 0 saturated heterocycles. The van der Waals surface area contributed by atoms with Crippen LogP contribution in [-0.2, 0) is 13.5 Å². The molecule has 92 valence electrons. The molecule has 0 bridgehead atoms. The van der Waals surface area contributed by atoms with Crippen molar-refractivity contribution in [2.24, 2.45) is 12.8 Å². The molecule has 0 aliphatic carbocycles. The van der Waals surface area contributed by atoms with Gasteiger partial charge in [0.1, 0.15) is 0 Å². The van der Waals surface area contributed by atoms with Crippen LogP contribution in [0.25, 0.3) is 11.4 Å². The first kappa shape index (κ1) is 11.7. The molecule has 0 aliphatic rings. The van der Waals surface area contributed by atoms with E-state index in [1.165, 1.54) is 0 Å². The molecule has 1 atom stereocenters. The summed E-state index contributed by atoms with van der Waals surface area (Å²) in [6.45, 7) is 1.76. The first-order valence-corrected chi connectivity index (χ1v) is 5.24. The summed E-state index contributed by atoms with van der Waals surface area (Å²) in [6, 6.07) is 0. The highest BCUT2D eigenvalue weighted by molar-refractivity contribution is 5.50. The Hall–Kier alpha value is -1.73. The average Bonchev–Trinajstić information content (AvgIpc) is 2.86. The van der Waals surface area contributed by atoms with Crippen molar-refractivity contribution >= 4 is 0 Å². The highest BCUT2D eigenvalue weighted by atomic mass is 16.5. The smallest absolute Gasteiger partial charge is 0.229 e. The lowest BCUT2D eigenvalue weighted by Crippen LogP contribution is -2.36. The van der Waals surface area contributed by atoms with Gasteiger partial charge in [-0.3, -0.25) is 4.68 Å². The molecule has 7 nitrogen and oxygen atoms in total. The predicted octanol–water partition coefficient (Wildman–Crippen LogP) is -0.278. The second-order valence-electron chi connectivity index (χ2n) is 4.29. The summed E-state index contributed by atoms with van der Waals surface area (Å²) in [4.78, 5) is 4.18. The van der Waals surface area contributed by atoms with Gasteiger partial charge in [-0.15, -0.1) is 0 Å². The molecule has 7 heteroatoms. The molecule has 0 amide bonds. The minimum Gasteiger partial charge on any atom is -0.388 e. The van der Waals surface area contributed by atoms with Crippen molar-refractivity contribution in [3.63, 3.8) is 0 Å². The van der Waals surface area contributed by atoms with E-state index in [0.717, 1.165) is 5.56 Å². The molecule has 0 fully saturated rings. The van der Waals surface area contributed by atoms with Gasteiger partial charge in [-0.2, -0.15) is 10.1 Å². The Balaban J connectivity index is 2.16. The fourth-order valence-corrected chi connectivity index (χ4v) is 1.38. The van der Waals surface area contributed by atoms with Crippen LogP contribution in [0.3, 0.4) is 0 Å². The molecular formula is C10H15N5O2. The molecule has 2 heterocycles. The first-order valence-electron chi connectivity index (χ1n) is 5.24. The number of aryl methyl sites for hydroxylation is 1. The number of aliphatic hydroxyl groups is 1. The predicted molar refractivity (Wildman–Crippen MR) is 59.9 cm³/mol. The number of rotatable bonds is 4. The summed E-state index contributed by atoms with van der Waals surface area (Å²) in [7, 11) is 1.81. The molecule has 0 spiro atoms. The van der Waals surface area contributed by atoms with E-state index in [1.54, 1.807) is 24.0 Å². The third-order valence-corrected chi connectivity index (χ3v) is 2.40. The Kier molecular flexibility index (Phi) is 2.95. The van der Waals surface area contributed by atoms with Crippen LogP contribution in [0, 0.1) is 0 Å². The maximum absolute atomic E-state index is 9.79. The van der Waals surface area contributed by atoms with Gasteiger partial charge in [0, 0.05) is 19.8 Å². The monoisotopic (exact) mass is 237 g/mol. The Morgan fingerprint density at radius 2 is 2.35 bits per heavy atom. The van der Waals surface area contributed by atoms with Gasteiger partial charge in [0.2, 0.25) is 11.7 Å². The molecular weight excluding hydrogens is 222 g/mol. The molecule has 2 aromatic heterocycles. The number of aromatic nitrogens is 4. The third kappa shape index (κ3) is 2.69. The SMILES string of the molecule is Cn1cc(-c2noc(CC(C)(O)CN)n2)cn1. The molecule has 0 aliphatic heterocycles. The largest absolute Gasteiger partial charge is 0.388 e. The van der Waals surface area contributed by atoms with E-state index in [-0.39, 0.29) is 13.0 Å². The van der Waals surface area contributed by atoms with E-state index in [2.05, 4.69) is 15.2 Å². The molecule has 1 unspecified atom stereocenters. The lowest BCUT2D eigenvalue weighted by molar-refractivity contribution is 0.0610. The topological polar surface area (TPSA) is 103 Å². The van der Waals surface area contributed by atoms with Gasteiger partial charge in [0.15, 0.2) is 0 Å². The fraction of sp³-hybridized carbons (Fsp3) is 0.500. The summed E-state index contributed by atoms with van der Waals surface area (Å²) in [5, 5.41) is 17.6. The molecule has 0 aromatic carbocycles. The van der Waals surface area contributed by atoms with Crippen LogP contribution in [-0.4, -0.2) is 37.2 Å². The quantitative estimate of drug-likeness (QED) is 0.758. The van der Waals surface area contributed by atoms with Crippen molar-refractivity contribution in [3.05, 3.63) is 18.3 Å². The zero-order chi connectivity index (χ0) is 12.5. The number of hydrogen-bond acceptors (Lipinski definition) is 6. The highest BCUT2D eigenvalue weighted by Crippen LogP contribution is 2.16. The van der Waals surface area contributed by atoms with E-state index >= 15 is 0 Å². The Bertz CT molecular complexity index is 502. The standard InChI is InChI=1S/C10H15N5O2/c1-10(16,6-11)3-8-13-9(14-17-8)7-4-12-15(2)5-7/h4-5,16H,3,6,11H2,1-2H3. The molecule has 2 aromatic rings. The first-order chi connectivity index (χ1) is 8.00. The maximum Gasteiger partial charge on any atom is 0.229 e. The normalized spacial score (nSPS) is 14.8. The van der Waals surface area contributed by atoms with E-state index in [1.807, 2.05) is 7.05 Å². The summed E-state index contributed by atoms with van der Waals surface area (Å²) in [6.07, 6.45) is 3.67. The van der Waals surface area contributed by atoms with E-state index in [9.17, 15) is 5.11 Å². The summed E-state index contributed by atoms with van der Waals surface area (Å²) in [5.41, 5.74) is 5.17. The molecule has 17 heavy (non-hydrogen) atoms. The molecule has 0 radical (unpaired) electrons. The molecule has 2 rings (SSSR count). The van der Waals surface area contributed by atoms with Gasteiger partial charge in [0.25, 0.3) is 0 Å². The second kappa shape index (κ2) is 4.27. The minimum absolute atomic E-state index is 0.137. The fourth-order valence-electron chi connectivity index (χ4n) is 1.38. The Morgan fingerprint density at radius 3 is 2.94 bits per heavy atom. The van der Waals surface area contributed by atoms with Crippen LogP contribution >= 0.6 is 0 Å². The van der Waals surface area contributed by atoms with Crippen molar-refractivity contribution in [1.29, 1.82) is 0 Å². The van der Waals surface area contributed by atoms with Crippen molar-refractivity contribution < 1.29 is 9.63 Å². The van der Waals surface area contributed by atoms with E-state index in [0.29, 0.717) is 11.7 Å². The van der Waals surface area contributed by atoms with Gasteiger partial charge in [-0.1, -0.05) is 5.16 Å². The van der Waals surface area contributed by atoms with Gasteiger partial charge >= 0.3 is 0 Å². The average molecular weight is 237 g/mol. The summed E-state index contributed by atoms with van der Waals surface area (Å²) in [5.74, 6) is 0.820. The van der Waals surface area contributed by atoms with Gasteiger partial charge < -0.3 is 15.4 Å². The zero-order valence-electron chi connectivity index (χ0n) is 9.79. The van der Waals surface area contributed by atoms with Crippen molar-refractivity contribution in [1.82, 2.24) is 19.9 Å². The molecule has 0 saturated carbocycles. The van der Waals surface area contributed by atoms with Crippen LogP contribution in [0.1, 0.15) is 12.8 Å². The lowest BCUT2D eigenvalue weighted by atomic mass is 10.0. The van der Waals surface area contributed by atoms with Crippen molar-refractivity contribution in [2.45, 2.75) is 18.9 Å². The van der Waals surface area contributed by atoms with E-state index in [4.69, 9.17) is 10.3 Å². The summed E-state index contributed by atoms with van der Waals surface area (Å²) >= 11 is 0. The Labute approximate surface area is 98.2 Å². The minimum atomic E-state index is -1.03. The summed E-state index contributed by atoms with van der Waals surface area (Å²) < 4.78 is 6.71. The van der Waals surface area contributed by atoms with Crippen LogP contribution in [0.2, 0.25) is 0 Å². The van der Waals surface area contributed by atoms with Crippen LogP contribution < -0.4 is 5.73 Å². The maximum atomic E-state index is 9.79. The zero-order valence-corrected chi connectivity index (χ0v) is 9.79. The van der Waals surface area contributed by atoms with Crippen LogP contribution in [0.15, 0.2) is 16.9 Å². The van der Waals surface area contributed by atoms with E-state index < -0.39 is 5.60 Å². The van der Waals surface area contributed by atoms with Crippen LogP contribution in [0.4, 0.5) is 0 Å². The van der Waals surface area contributed by atoms with Crippen molar-refractivity contribution in [2.75, 3.05) is 6.54 Å². The second-order valence-corrected chi connectivity index (χ2v) is 4.29. The highest BCUT2D eigenvalue weighted by Gasteiger charge is 2.23. The van der Waals surface area contributed by atoms with Gasteiger partial charge in [0.05, 0.1) is 23.8 Å². The third-order valence-electron chi connectivity index (χ3n) is 2.40. The number of nitrogens with zero attached hydrogens (tertiary/aromatic N) is 4. The lowest BCUT2D eigenvalue weighted by Gasteiger charge is -2.17. The number of nitrogens with two attached hydrogens (primary N) is 1. The molecule has 3 N–H and O–H groups in total. The van der Waals surface area contributed by atoms with Crippen molar-refractivity contribution in [3.8, 4) is 11.4 Å².